The Labute approximate surface area is 125 Å². The van der Waals surface area contributed by atoms with E-state index in [-0.39, 0.29) is 4.75 Å². The highest BCUT2D eigenvalue weighted by molar-refractivity contribution is 8.18. The number of hydrogen-bond acceptors (Lipinski definition) is 8. The Morgan fingerprint density at radius 2 is 1.65 bits per heavy atom. The summed E-state index contributed by atoms with van der Waals surface area (Å²) < 4.78 is 8.61. The van der Waals surface area contributed by atoms with Gasteiger partial charge in [0.25, 0.3) is 0 Å². The highest BCUT2D eigenvalue weighted by Gasteiger charge is 2.48. The Bertz CT molecular complexity index is 449. The number of thioether (sulfide) groups is 2. The smallest absolute Gasteiger partial charge is 0.359 e. The van der Waals surface area contributed by atoms with Crippen LogP contribution < -0.4 is 0 Å². The van der Waals surface area contributed by atoms with Crippen molar-refractivity contribution in [1.82, 2.24) is 0 Å². The van der Waals surface area contributed by atoms with E-state index in [9.17, 15) is 9.59 Å². The van der Waals surface area contributed by atoms with Gasteiger partial charge in [0.2, 0.25) is 0 Å². The topological polar surface area (TPSA) is 100 Å². The second-order valence-corrected chi connectivity index (χ2v) is 7.92. The van der Waals surface area contributed by atoms with Crippen molar-refractivity contribution in [2.75, 3.05) is 5.75 Å². The molecular weight excluding hydrogens is 300 g/mol. The van der Waals surface area contributed by atoms with Gasteiger partial charge in [0.05, 0.1) is 12.1 Å². The standard InChI is InChI=1S/C12H14N2O4S2/c1-11(2)5-8-19-12(20-11,17-9(15)3-6-13)18-10(16)4-7-14/h3-5,8H2,1-2H3. The number of carbonyl (C=O) groups excluding carboxylic acids is 2. The molecule has 1 heterocycles. The van der Waals surface area contributed by atoms with Crippen LogP contribution in [0, 0.1) is 22.7 Å². The van der Waals surface area contributed by atoms with Gasteiger partial charge in [-0.3, -0.25) is 9.59 Å². The first-order valence-corrected chi connectivity index (χ1v) is 7.64. The van der Waals surface area contributed by atoms with E-state index in [0.29, 0.717) is 5.75 Å². The minimum atomic E-state index is -1.51. The van der Waals surface area contributed by atoms with E-state index in [1.165, 1.54) is 23.5 Å². The lowest BCUT2D eigenvalue weighted by atomic mass is 10.1. The number of rotatable bonds is 4. The Balaban J connectivity index is 2.88. The average molecular weight is 314 g/mol. The van der Waals surface area contributed by atoms with Crippen molar-refractivity contribution in [2.24, 2.45) is 0 Å². The molecule has 0 saturated carbocycles. The van der Waals surface area contributed by atoms with E-state index in [0.717, 1.165) is 6.42 Å². The third kappa shape index (κ3) is 4.95. The predicted octanol–water partition coefficient (Wildman–Crippen LogP) is 2.16. The summed E-state index contributed by atoms with van der Waals surface area (Å²) in [5, 5.41) is 17.0. The molecule has 1 aliphatic rings. The molecule has 0 bridgehead atoms. The Morgan fingerprint density at radius 3 is 2.05 bits per heavy atom. The normalized spacial score (nSPS) is 19.2. The SMILES string of the molecule is CC1(C)CCSC(OC(=O)CC#N)(OC(=O)CC#N)S1. The molecule has 108 valence electrons. The minimum Gasteiger partial charge on any atom is -0.403 e. The van der Waals surface area contributed by atoms with Crippen LogP contribution in [0.3, 0.4) is 0 Å². The van der Waals surface area contributed by atoms with Gasteiger partial charge in [-0.15, -0.1) is 0 Å². The fourth-order valence-corrected chi connectivity index (χ4v) is 5.05. The van der Waals surface area contributed by atoms with Gasteiger partial charge < -0.3 is 9.47 Å². The van der Waals surface area contributed by atoms with Gasteiger partial charge in [0, 0.05) is 10.5 Å². The molecule has 20 heavy (non-hydrogen) atoms. The van der Waals surface area contributed by atoms with Crippen molar-refractivity contribution >= 4 is 35.5 Å². The molecule has 0 aliphatic carbocycles. The Hall–Kier alpha value is -1.38. The van der Waals surface area contributed by atoms with Crippen LogP contribution in [0.2, 0.25) is 0 Å². The molecular formula is C12H14N2O4S2. The minimum absolute atomic E-state index is 0.245. The summed E-state index contributed by atoms with van der Waals surface area (Å²) >= 11 is 2.38. The van der Waals surface area contributed by atoms with E-state index in [2.05, 4.69) is 0 Å². The first-order valence-electron chi connectivity index (χ1n) is 5.84. The summed E-state index contributed by atoms with van der Waals surface area (Å²) in [5.74, 6) is -0.871. The molecule has 6 nitrogen and oxygen atoms in total. The van der Waals surface area contributed by atoms with Gasteiger partial charge >= 0.3 is 16.4 Å². The maximum atomic E-state index is 11.5. The third-order valence-corrected chi connectivity index (χ3v) is 5.01. The summed E-state index contributed by atoms with van der Waals surface area (Å²) in [5.41, 5.74) is 0. The second-order valence-electron chi connectivity index (χ2n) is 4.58. The van der Waals surface area contributed by atoms with Crippen molar-refractivity contribution in [3.05, 3.63) is 0 Å². The van der Waals surface area contributed by atoms with Gasteiger partial charge in [-0.25, -0.2) is 0 Å². The molecule has 1 aliphatic heterocycles. The summed E-state index contributed by atoms with van der Waals surface area (Å²) in [4.78, 5) is 23.1. The van der Waals surface area contributed by atoms with Crippen molar-refractivity contribution in [3.8, 4) is 12.1 Å². The van der Waals surface area contributed by atoms with E-state index in [1.54, 1.807) is 12.1 Å². The molecule has 8 heteroatoms. The first-order chi connectivity index (χ1) is 9.32. The fraction of sp³-hybridized carbons (Fsp3) is 0.667. The van der Waals surface area contributed by atoms with Crippen LogP contribution in [0.1, 0.15) is 33.1 Å². The van der Waals surface area contributed by atoms with Gasteiger partial charge in [0.1, 0.15) is 12.8 Å². The van der Waals surface area contributed by atoms with Crippen LogP contribution in [0.4, 0.5) is 0 Å². The molecule has 0 N–H and O–H groups in total. The van der Waals surface area contributed by atoms with Crippen LogP contribution in [-0.4, -0.2) is 26.9 Å². The van der Waals surface area contributed by atoms with Crippen molar-refractivity contribution in [3.63, 3.8) is 0 Å². The molecule has 1 fully saturated rings. The maximum absolute atomic E-state index is 11.5. The summed E-state index contributed by atoms with van der Waals surface area (Å²) in [6.07, 6.45) is 0.0217. The van der Waals surface area contributed by atoms with Crippen LogP contribution in [-0.2, 0) is 19.1 Å². The highest BCUT2D eigenvalue weighted by Crippen LogP contribution is 2.52. The lowest BCUT2D eigenvalue weighted by Crippen LogP contribution is -2.41. The van der Waals surface area contributed by atoms with Gasteiger partial charge in [-0.2, -0.15) is 10.5 Å². The fourth-order valence-electron chi connectivity index (χ4n) is 1.44. The number of nitriles is 2. The number of hydrogen-bond donors (Lipinski definition) is 0. The van der Waals surface area contributed by atoms with Gasteiger partial charge in [-0.05, 0) is 6.42 Å². The molecule has 1 saturated heterocycles. The van der Waals surface area contributed by atoms with Crippen LogP contribution >= 0.6 is 23.5 Å². The van der Waals surface area contributed by atoms with E-state index in [4.69, 9.17) is 20.0 Å². The molecule has 0 aromatic rings. The Kier molecular flexibility index (Phi) is 5.73. The zero-order valence-corrected chi connectivity index (χ0v) is 12.8. The molecule has 0 unspecified atom stereocenters. The molecule has 0 spiro atoms. The third-order valence-electron chi connectivity index (χ3n) is 2.31. The van der Waals surface area contributed by atoms with Crippen molar-refractivity contribution in [1.29, 1.82) is 10.5 Å². The first kappa shape index (κ1) is 16.7. The molecule has 0 amide bonds. The van der Waals surface area contributed by atoms with E-state index in [1.807, 2.05) is 13.8 Å². The zero-order valence-electron chi connectivity index (χ0n) is 11.2. The predicted molar refractivity (Wildman–Crippen MR) is 74.1 cm³/mol. The number of ether oxygens (including phenoxy) is 2. The summed E-state index contributed by atoms with van der Waals surface area (Å²) in [7, 11) is 0. The quantitative estimate of drug-likeness (QED) is 0.575. The van der Waals surface area contributed by atoms with E-state index < -0.39 is 29.2 Å². The van der Waals surface area contributed by atoms with Gasteiger partial charge in [0.15, 0.2) is 0 Å². The Morgan fingerprint density at radius 1 is 1.15 bits per heavy atom. The second kappa shape index (κ2) is 6.87. The van der Waals surface area contributed by atoms with Crippen LogP contribution in [0.25, 0.3) is 0 Å². The number of carbonyl (C=O) groups is 2. The number of nitrogens with zero attached hydrogens (tertiary/aromatic N) is 2. The summed E-state index contributed by atoms with van der Waals surface area (Å²) in [6, 6.07) is 3.38. The molecule has 0 radical (unpaired) electrons. The zero-order chi connectivity index (χ0) is 15.2. The highest BCUT2D eigenvalue weighted by atomic mass is 32.2. The average Bonchev–Trinajstić information content (AvgIpc) is 2.26. The lowest BCUT2D eigenvalue weighted by Gasteiger charge is -2.40. The summed E-state index contributed by atoms with van der Waals surface area (Å²) in [6.45, 7) is 3.89. The van der Waals surface area contributed by atoms with Crippen molar-refractivity contribution in [2.45, 2.75) is 42.3 Å². The molecule has 0 aromatic carbocycles. The maximum Gasteiger partial charge on any atom is 0.359 e. The monoisotopic (exact) mass is 314 g/mol. The van der Waals surface area contributed by atoms with E-state index >= 15 is 0 Å². The van der Waals surface area contributed by atoms with Crippen molar-refractivity contribution < 1.29 is 19.1 Å². The molecule has 0 atom stereocenters. The number of esters is 2. The van der Waals surface area contributed by atoms with Gasteiger partial charge in [-0.1, -0.05) is 37.4 Å². The molecule has 0 aromatic heterocycles. The van der Waals surface area contributed by atoms with Crippen LogP contribution in [0.15, 0.2) is 0 Å². The molecule has 1 rings (SSSR count). The largest absolute Gasteiger partial charge is 0.403 e. The lowest BCUT2D eigenvalue weighted by molar-refractivity contribution is -0.177. The van der Waals surface area contributed by atoms with Crippen LogP contribution in [0.5, 0.6) is 0 Å².